The maximum atomic E-state index is 4.80. The molecule has 1 aliphatic rings. The zero-order chi connectivity index (χ0) is 17.8. The van der Waals surface area contributed by atoms with Crippen LogP contribution in [0, 0.1) is 0 Å². The van der Waals surface area contributed by atoms with Crippen LogP contribution in [0.15, 0.2) is 48.8 Å². The van der Waals surface area contributed by atoms with Crippen LogP contribution in [0.3, 0.4) is 0 Å². The standard InChI is InChI=1S/C21H25N5/c1-16-6-4-5-14-26(16)15-13-23-21-18-7-2-3-8-19(18)24-20(25-21)17-9-11-22-12-10-17/h2-3,7-12,16H,4-6,13-15H2,1H3,(H,23,24,25)/t16-/m1/s1. The van der Waals surface area contributed by atoms with Crippen molar-refractivity contribution in [1.82, 2.24) is 19.9 Å². The predicted molar refractivity (Wildman–Crippen MR) is 106 cm³/mol. The van der Waals surface area contributed by atoms with E-state index in [1.165, 1.54) is 25.8 Å². The molecule has 134 valence electrons. The minimum absolute atomic E-state index is 0.681. The summed E-state index contributed by atoms with van der Waals surface area (Å²) >= 11 is 0. The topological polar surface area (TPSA) is 53.9 Å². The molecule has 1 atom stereocenters. The van der Waals surface area contributed by atoms with Crippen LogP contribution < -0.4 is 5.32 Å². The number of hydrogen-bond donors (Lipinski definition) is 1. The number of para-hydroxylation sites is 1. The Morgan fingerprint density at radius 1 is 1.08 bits per heavy atom. The molecule has 26 heavy (non-hydrogen) atoms. The number of aromatic nitrogens is 3. The van der Waals surface area contributed by atoms with Gasteiger partial charge >= 0.3 is 0 Å². The molecule has 0 spiro atoms. The molecule has 0 amide bonds. The molecule has 0 unspecified atom stereocenters. The second kappa shape index (κ2) is 7.79. The summed E-state index contributed by atoms with van der Waals surface area (Å²) in [6.45, 7) is 5.47. The third-order valence-corrected chi connectivity index (χ3v) is 5.17. The van der Waals surface area contributed by atoms with Gasteiger partial charge in [0, 0.05) is 42.5 Å². The number of pyridine rings is 1. The van der Waals surface area contributed by atoms with E-state index in [9.17, 15) is 0 Å². The van der Waals surface area contributed by atoms with Crippen molar-refractivity contribution in [3.8, 4) is 11.4 Å². The average molecular weight is 347 g/mol. The molecule has 0 bridgehead atoms. The predicted octanol–water partition coefficient (Wildman–Crippen LogP) is 3.98. The van der Waals surface area contributed by atoms with Crippen LogP contribution in [0.1, 0.15) is 26.2 Å². The van der Waals surface area contributed by atoms with E-state index in [4.69, 9.17) is 9.97 Å². The number of benzene rings is 1. The number of fused-ring (bicyclic) bond motifs is 1. The minimum atomic E-state index is 0.681. The highest BCUT2D eigenvalue weighted by molar-refractivity contribution is 5.90. The largest absolute Gasteiger partial charge is 0.368 e. The Bertz CT molecular complexity index is 865. The van der Waals surface area contributed by atoms with Crippen LogP contribution >= 0.6 is 0 Å². The Hall–Kier alpha value is -2.53. The summed E-state index contributed by atoms with van der Waals surface area (Å²) in [7, 11) is 0. The van der Waals surface area contributed by atoms with E-state index in [0.717, 1.165) is 41.2 Å². The van der Waals surface area contributed by atoms with E-state index in [1.807, 2.05) is 30.3 Å². The van der Waals surface area contributed by atoms with E-state index >= 15 is 0 Å². The average Bonchev–Trinajstić information content (AvgIpc) is 2.70. The molecule has 0 saturated carbocycles. The maximum Gasteiger partial charge on any atom is 0.162 e. The fourth-order valence-corrected chi connectivity index (χ4v) is 3.65. The summed E-state index contributed by atoms with van der Waals surface area (Å²) < 4.78 is 0. The number of nitrogens with zero attached hydrogens (tertiary/aromatic N) is 4. The van der Waals surface area contributed by atoms with Gasteiger partial charge in [-0.15, -0.1) is 0 Å². The third-order valence-electron chi connectivity index (χ3n) is 5.17. The molecule has 4 rings (SSSR count). The first kappa shape index (κ1) is 16.9. The highest BCUT2D eigenvalue weighted by Gasteiger charge is 2.17. The van der Waals surface area contributed by atoms with Gasteiger partial charge in [-0.25, -0.2) is 9.97 Å². The van der Waals surface area contributed by atoms with E-state index in [1.54, 1.807) is 12.4 Å². The molecule has 1 saturated heterocycles. The fraction of sp³-hybridized carbons (Fsp3) is 0.381. The van der Waals surface area contributed by atoms with Gasteiger partial charge in [-0.05, 0) is 50.6 Å². The van der Waals surface area contributed by atoms with Crippen LogP contribution in [0.5, 0.6) is 0 Å². The van der Waals surface area contributed by atoms with E-state index in [0.29, 0.717) is 6.04 Å². The molecule has 1 N–H and O–H groups in total. The fourth-order valence-electron chi connectivity index (χ4n) is 3.65. The van der Waals surface area contributed by atoms with Crippen molar-refractivity contribution >= 4 is 16.7 Å². The SMILES string of the molecule is C[C@@H]1CCCCN1CCNc1nc(-c2ccncc2)nc2ccccc12. The number of anilines is 1. The zero-order valence-electron chi connectivity index (χ0n) is 15.2. The number of piperidine rings is 1. The van der Waals surface area contributed by atoms with Crippen molar-refractivity contribution in [2.24, 2.45) is 0 Å². The van der Waals surface area contributed by atoms with Gasteiger partial charge in [0.15, 0.2) is 5.82 Å². The smallest absolute Gasteiger partial charge is 0.162 e. The van der Waals surface area contributed by atoms with E-state index < -0.39 is 0 Å². The molecular formula is C21H25N5. The molecule has 1 aliphatic heterocycles. The van der Waals surface area contributed by atoms with Crippen LogP contribution in [-0.2, 0) is 0 Å². The molecule has 5 nitrogen and oxygen atoms in total. The number of likely N-dealkylation sites (tertiary alicyclic amines) is 1. The Labute approximate surface area is 154 Å². The van der Waals surface area contributed by atoms with Gasteiger partial charge in [0.2, 0.25) is 0 Å². The van der Waals surface area contributed by atoms with Gasteiger partial charge in [0.05, 0.1) is 5.52 Å². The Morgan fingerprint density at radius 2 is 1.92 bits per heavy atom. The van der Waals surface area contributed by atoms with E-state index in [-0.39, 0.29) is 0 Å². The number of nitrogens with one attached hydrogen (secondary N) is 1. The molecule has 0 aliphatic carbocycles. The molecule has 5 heteroatoms. The van der Waals surface area contributed by atoms with Crippen molar-refractivity contribution in [1.29, 1.82) is 0 Å². The molecular weight excluding hydrogens is 322 g/mol. The van der Waals surface area contributed by atoms with Crippen LogP contribution in [0.4, 0.5) is 5.82 Å². The normalized spacial score (nSPS) is 18.1. The van der Waals surface area contributed by atoms with Crippen molar-refractivity contribution < 1.29 is 0 Å². The summed E-state index contributed by atoms with van der Waals surface area (Å²) in [5, 5.41) is 4.62. The van der Waals surface area contributed by atoms with Crippen molar-refractivity contribution in [3.63, 3.8) is 0 Å². The monoisotopic (exact) mass is 347 g/mol. The highest BCUT2D eigenvalue weighted by atomic mass is 15.2. The first-order valence-corrected chi connectivity index (χ1v) is 9.46. The molecule has 0 radical (unpaired) electrons. The molecule has 3 aromatic rings. The van der Waals surface area contributed by atoms with Gasteiger partial charge in [-0.1, -0.05) is 18.6 Å². The van der Waals surface area contributed by atoms with Gasteiger partial charge in [-0.3, -0.25) is 9.88 Å². The van der Waals surface area contributed by atoms with Crippen molar-refractivity contribution in [2.75, 3.05) is 25.0 Å². The molecule has 3 heterocycles. The number of hydrogen-bond acceptors (Lipinski definition) is 5. The zero-order valence-corrected chi connectivity index (χ0v) is 15.2. The summed E-state index contributed by atoms with van der Waals surface area (Å²) in [6, 6.07) is 12.8. The summed E-state index contributed by atoms with van der Waals surface area (Å²) in [5.74, 6) is 1.65. The lowest BCUT2D eigenvalue weighted by atomic mass is 10.0. The van der Waals surface area contributed by atoms with Gasteiger partial charge in [0.25, 0.3) is 0 Å². The second-order valence-corrected chi connectivity index (χ2v) is 6.96. The van der Waals surface area contributed by atoms with Crippen LogP contribution in [0.2, 0.25) is 0 Å². The quantitative estimate of drug-likeness (QED) is 0.757. The van der Waals surface area contributed by atoms with Crippen LogP contribution in [-0.4, -0.2) is 45.5 Å². The lowest BCUT2D eigenvalue weighted by Crippen LogP contribution is -2.40. The molecule has 1 fully saturated rings. The van der Waals surface area contributed by atoms with Crippen LogP contribution in [0.25, 0.3) is 22.3 Å². The van der Waals surface area contributed by atoms with Gasteiger partial charge < -0.3 is 5.32 Å². The number of rotatable bonds is 5. The van der Waals surface area contributed by atoms with Gasteiger partial charge in [0.1, 0.15) is 5.82 Å². The van der Waals surface area contributed by atoms with Crippen molar-refractivity contribution in [3.05, 3.63) is 48.8 Å². The first-order chi connectivity index (χ1) is 12.8. The summed E-state index contributed by atoms with van der Waals surface area (Å²) in [6.07, 6.45) is 7.53. The van der Waals surface area contributed by atoms with E-state index in [2.05, 4.69) is 28.2 Å². The molecule has 1 aromatic carbocycles. The lowest BCUT2D eigenvalue weighted by molar-refractivity contribution is 0.167. The second-order valence-electron chi connectivity index (χ2n) is 6.96. The third kappa shape index (κ3) is 3.68. The minimum Gasteiger partial charge on any atom is -0.368 e. The Morgan fingerprint density at radius 3 is 2.77 bits per heavy atom. The maximum absolute atomic E-state index is 4.80. The Balaban J connectivity index is 1.57. The van der Waals surface area contributed by atoms with Gasteiger partial charge in [-0.2, -0.15) is 0 Å². The van der Waals surface area contributed by atoms with Crippen molar-refractivity contribution in [2.45, 2.75) is 32.2 Å². The lowest BCUT2D eigenvalue weighted by Gasteiger charge is -2.33. The Kier molecular flexibility index (Phi) is 5.07. The summed E-state index contributed by atoms with van der Waals surface area (Å²) in [4.78, 5) is 16.2. The summed E-state index contributed by atoms with van der Waals surface area (Å²) in [5.41, 5.74) is 1.95. The first-order valence-electron chi connectivity index (χ1n) is 9.46. The molecule has 2 aromatic heterocycles. The highest BCUT2D eigenvalue weighted by Crippen LogP contribution is 2.24.